The van der Waals surface area contributed by atoms with Crippen LogP contribution < -0.4 is 19.8 Å². The molecule has 0 unspecified atom stereocenters. The van der Waals surface area contributed by atoms with E-state index in [1.165, 1.54) is 12.8 Å². The summed E-state index contributed by atoms with van der Waals surface area (Å²) >= 11 is 0. The van der Waals surface area contributed by atoms with Crippen LogP contribution in [-0.2, 0) is 0 Å². The van der Waals surface area contributed by atoms with E-state index in [-0.39, 0.29) is 5.91 Å². The SMILES string of the molecule is CCOc1cc(/C=N\NC(=O)c2ccc(N3CCCC3)cc2)ccc1OC. The van der Waals surface area contributed by atoms with E-state index in [0.29, 0.717) is 23.7 Å². The second-order valence-electron chi connectivity index (χ2n) is 6.28. The van der Waals surface area contributed by atoms with E-state index >= 15 is 0 Å². The molecule has 0 spiro atoms. The maximum absolute atomic E-state index is 12.3. The number of methoxy groups -OCH3 is 1. The van der Waals surface area contributed by atoms with Crippen LogP contribution in [0.25, 0.3) is 0 Å². The van der Waals surface area contributed by atoms with Crippen LogP contribution in [0.3, 0.4) is 0 Å². The normalized spacial score (nSPS) is 13.8. The Morgan fingerprint density at radius 1 is 1.15 bits per heavy atom. The van der Waals surface area contributed by atoms with Crippen molar-refractivity contribution in [1.82, 2.24) is 5.43 Å². The zero-order valence-electron chi connectivity index (χ0n) is 15.8. The fraction of sp³-hybridized carbons (Fsp3) is 0.333. The maximum atomic E-state index is 12.3. The topological polar surface area (TPSA) is 63.2 Å². The quantitative estimate of drug-likeness (QED) is 0.601. The molecule has 142 valence electrons. The Balaban J connectivity index is 1.60. The molecule has 3 rings (SSSR count). The summed E-state index contributed by atoms with van der Waals surface area (Å²) in [7, 11) is 1.60. The van der Waals surface area contributed by atoms with Crippen molar-refractivity contribution in [2.75, 3.05) is 31.7 Å². The molecular formula is C21H25N3O3. The summed E-state index contributed by atoms with van der Waals surface area (Å²) in [5, 5.41) is 4.04. The number of nitrogens with zero attached hydrogens (tertiary/aromatic N) is 2. The summed E-state index contributed by atoms with van der Waals surface area (Å²) in [6.45, 7) is 4.62. The van der Waals surface area contributed by atoms with Crippen LogP contribution in [-0.4, -0.2) is 38.9 Å². The molecule has 6 nitrogen and oxygen atoms in total. The van der Waals surface area contributed by atoms with Gasteiger partial charge < -0.3 is 14.4 Å². The van der Waals surface area contributed by atoms with E-state index in [0.717, 1.165) is 24.3 Å². The van der Waals surface area contributed by atoms with Crippen LogP contribution in [0.5, 0.6) is 11.5 Å². The van der Waals surface area contributed by atoms with Gasteiger partial charge in [0.2, 0.25) is 0 Å². The van der Waals surface area contributed by atoms with Crippen LogP contribution in [0.1, 0.15) is 35.7 Å². The zero-order valence-corrected chi connectivity index (χ0v) is 15.8. The molecule has 0 aromatic heterocycles. The van der Waals surface area contributed by atoms with Crippen molar-refractivity contribution in [2.45, 2.75) is 19.8 Å². The molecule has 1 saturated heterocycles. The first-order valence-electron chi connectivity index (χ1n) is 9.20. The third-order valence-corrected chi connectivity index (χ3v) is 4.47. The maximum Gasteiger partial charge on any atom is 0.271 e. The Morgan fingerprint density at radius 3 is 2.56 bits per heavy atom. The van der Waals surface area contributed by atoms with Crippen molar-refractivity contribution in [2.24, 2.45) is 5.10 Å². The predicted molar refractivity (Wildman–Crippen MR) is 107 cm³/mol. The third-order valence-electron chi connectivity index (χ3n) is 4.47. The monoisotopic (exact) mass is 367 g/mol. The first kappa shape index (κ1) is 18.8. The second kappa shape index (κ2) is 9.07. The molecule has 1 aliphatic heterocycles. The van der Waals surface area contributed by atoms with Gasteiger partial charge in [-0.3, -0.25) is 4.79 Å². The first-order chi connectivity index (χ1) is 13.2. The smallest absolute Gasteiger partial charge is 0.271 e. The van der Waals surface area contributed by atoms with Crippen LogP contribution in [0, 0.1) is 0 Å². The van der Waals surface area contributed by atoms with Crippen molar-refractivity contribution < 1.29 is 14.3 Å². The molecule has 0 saturated carbocycles. The molecule has 2 aromatic carbocycles. The van der Waals surface area contributed by atoms with Gasteiger partial charge in [0.15, 0.2) is 11.5 Å². The summed E-state index contributed by atoms with van der Waals surface area (Å²) in [5.41, 5.74) is 5.12. The number of rotatable bonds is 7. The number of carbonyl (C=O) groups is 1. The van der Waals surface area contributed by atoms with E-state index in [1.54, 1.807) is 13.3 Å². The molecule has 1 fully saturated rings. The summed E-state index contributed by atoms with van der Waals surface area (Å²) in [6.07, 6.45) is 4.04. The van der Waals surface area contributed by atoms with E-state index in [1.807, 2.05) is 49.4 Å². The molecule has 1 aliphatic rings. The Hall–Kier alpha value is -3.02. The number of carbonyl (C=O) groups excluding carboxylic acids is 1. The van der Waals surface area contributed by atoms with Crippen LogP contribution in [0.4, 0.5) is 5.69 Å². The van der Waals surface area contributed by atoms with Gasteiger partial charge in [-0.05, 0) is 67.8 Å². The molecule has 27 heavy (non-hydrogen) atoms. The Labute approximate surface area is 159 Å². The van der Waals surface area contributed by atoms with Crippen LogP contribution >= 0.6 is 0 Å². The average Bonchev–Trinajstić information content (AvgIpc) is 3.23. The van der Waals surface area contributed by atoms with Crippen molar-refractivity contribution in [1.29, 1.82) is 0 Å². The van der Waals surface area contributed by atoms with E-state index in [2.05, 4.69) is 15.4 Å². The van der Waals surface area contributed by atoms with Crippen LogP contribution in [0.15, 0.2) is 47.6 Å². The Morgan fingerprint density at radius 2 is 1.89 bits per heavy atom. The van der Waals surface area contributed by atoms with Crippen molar-refractivity contribution in [3.05, 3.63) is 53.6 Å². The molecular weight excluding hydrogens is 342 g/mol. The highest BCUT2D eigenvalue weighted by Crippen LogP contribution is 2.27. The van der Waals surface area contributed by atoms with Gasteiger partial charge >= 0.3 is 0 Å². The van der Waals surface area contributed by atoms with Crippen molar-refractivity contribution >= 4 is 17.8 Å². The second-order valence-corrected chi connectivity index (χ2v) is 6.28. The summed E-state index contributed by atoms with van der Waals surface area (Å²) in [5.74, 6) is 1.07. The van der Waals surface area contributed by atoms with Gasteiger partial charge in [-0.15, -0.1) is 0 Å². The Bertz CT molecular complexity index is 797. The van der Waals surface area contributed by atoms with E-state index in [9.17, 15) is 4.79 Å². The van der Waals surface area contributed by atoms with Gasteiger partial charge in [-0.25, -0.2) is 5.43 Å². The minimum Gasteiger partial charge on any atom is -0.493 e. The molecule has 0 bridgehead atoms. The fourth-order valence-electron chi connectivity index (χ4n) is 3.07. The number of ether oxygens (including phenoxy) is 2. The number of hydrogen-bond acceptors (Lipinski definition) is 5. The van der Waals surface area contributed by atoms with Gasteiger partial charge in [-0.2, -0.15) is 5.10 Å². The molecule has 2 aromatic rings. The lowest BCUT2D eigenvalue weighted by Gasteiger charge is -2.17. The zero-order chi connectivity index (χ0) is 19.1. The number of benzene rings is 2. The molecule has 1 heterocycles. The third kappa shape index (κ3) is 4.78. The van der Waals surface area contributed by atoms with Gasteiger partial charge in [0, 0.05) is 24.3 Å². The first-order valence-corrected chi connectivity index (χ1v) is 9.20. The largest absolute Gasteiger partial charge is 0.493 e. The standard InChI is InChI=1S/C21H25N3O3/c1-3-27-20-14-16(6-11-19(20)26-2)15-22-23-21(25)17-7-9-18(10-8-17)24-12-4-5-13-24/h6-11,14-15H,3-5,12-13H2,1-2H3,(H,23,25)/b22-15-. The molecule has 0 atom stereocenters. The highest BCUT2D eigenvalue weighted by Gasteiger charge is 2.13. The minimum absolute atomic E-state index is 0.238. The number of hydrazone groups is 1. The van der Waals surface area contributed by atoms with Crippen molar-refractivity contribution in [3.63, 3.8) is 0 Å². The van der Waals surface area contributed by atoms with Gasteiger partial charge in [0.1, 0.15) is 0 Å². The van der Waals surface area contributed by atoms with Crippen LogP contribution in [0.2, 0.25) is 0 Å². The lowest BCUT2D eigenvalue weighted by molar-refractivity contribution is 0.0955. The lowest BCUT2D eigenvalue weighted by Crippen LogP contribution is -2.19. The summed E-state index contributed by atoms with van der Waals surface area (Å²) in [4.78, 5) is 14.6. The molecule has 0 radical (unpaired) electrons. The highest BCUT2D eigenvalue weighted by atomic mass is 16.5. The van der Waals surface area contributed by atoms with Crippen molar-refractivity contribution in [3.8, 4) is 11.5 Å². The minimum atomic E-state index is -0.238. The molecule has 1 amide bonds. The van der Waals surface area contributed by atoms with Gasteiger partial charge in [0.05, 0.1) is 19.9 Å². The highest BCUT2D eigenvalue weighted by molar-refractivity contribution is 5.95. The number of nitrogens with one attached hydrogen (secondary N) is 1. The van der Waals surface area contributed by atoms with E-state index < -0.39 is 0 Å². The molecule has 0 aliphatic carbocycles. The number of hydrogen-bond donors (Lipinski definition) is 1. The number of anilines is 1. The van der Waals surface area contributed by atoms with Gasteiger partial charge in [-0.1, -0.05) is 0 Å². The molecule has 1 N–H and O–H groups in total. The summed E-state index contributed by atoms with van der Waals surface area (Å²) < 4.78 is 10.8. The molecule has 6 heteroatoms. The Kier molecular flexibility index (Phi) is 6.30. The number of amides is 1. The fourth-order valence-corrected chi connectivity index (χ4v) is 3.07. The predicted octanol–water partition coefficient (Wildman–Crippen LogP) is 3.46. The van der Waals surface area contributed by atoms with Gasteiger partial charge in [0.25, 0.3) is 5.91 Å². The average molecular weight is 367 g/mol. The van der Waals surface area contributed by atoms with E-state index in [4.69, 9.17) is 9.47 Å². The lowest BCUT2D eigenvalue weighted by atomic mass is 10.2. The summed E-state index contributed by atoms with van der Waals surface area (Å²) in [6, 6.07) is 13.1.